The molecular formula is C17H26N2O2. The van der Waals surface area contributed by atoms with Gasteiger partial charge in [0.15, 0.2) is 0 Å². The van der Waals surface area contributed by atoms with Crippen molar-refractivity contribution in [1.29, 1.82) is 0 Å². The highest BCUT2D eigenvalue weighted by atomic mass is 16.5. The number of carbonyl (C=O) groups excluding carboxylic acids is 1. The van der Waals surface area contributed by atoms with Gasteiger partial charge in [-0.1, -0.05) is 0 Å². The minimum absolute atomic E-state index is 0.716. The van der Waals surface area contributed by atoms with E-state index in [1.807, 2.05) is 12.1 Å². The highest BCUT2D eigenvalue weighted by Gasteiger charge is 2.20. The number of hydrogen-bond acceptors (Lipinski definition) is 4. The average Bonchev–Trinajstić information content (AvgIpc) is 2.48. The predicted octanol–water partition coefficient (Wildman–Crippen LogP) is 2.28. The molecule has 0 saturated carbocycles. The summed E-state index contributed by atoms with van der Waals surface area (Å²) in [4.78, 5) is 15.7. The van der Waals surface area contributed by atoms with Crippen LogP contribution in [0.15, 0.2) is 18.2 Å². The Bertz CT molecular complexity index is 466. The Hall–Kier alpha value is -1.39. The lowest BCUT2D eigenvalue weighted by Gasteiger charge is -2.33. The largest absolute Gasteiger partial charge is 0.496 e. The molecule has 1 heterocycles. The number of rotatable bonds is 6. The second-order valence-corrected chi connectivity index (χ2v) is 6.17. The van der Waals surface area contributed by atoms with Crippen molar-refractivity contribution in [2.75, 3.05) is 40.8 Å². The van der Waals surface area contributed by atoms with Gasteiger partial charge in [0.25, 0.3) is 0 Å². The van der Waals surface area contributed by atoms with Gasteiger partial charge in [0.2, 0.25) is 0 Å². The van der Waals surface area contributed by atoms with E-state index >= 15 is 0 Å². The molecule has 0 unspecified atom stereocenters. The topological polar surface area (TPSA) is 32.8 Å². The van der Waals surface area contributed by atoms with Crippen LogP contribution in [0.4, 0.5) is 0 Å². The van der Waals surface area contributed by atoms with E-state index in [1.165, 1.54) is 19.4 Å². The Morgan fingerprint density at radius 1 is 1.33 bits per heavy atom. The van der Waals surface area contributed by atoms with E-state index in [0.29, 0.717) is 5.56 Å². The summed E-state index contributed by atoms with van der Waals surface area (Å²) in [6, 6.07) is 5.63. The number of nitrogens with zero attached hydrogens (tertiary/aromatic N) is 2. The Kier molecular flexibility index (Phi) is 5.76. The molecule has 1 fully saturated rings. The summed E-state index contributed by atoms with van der Waals surface area (Å²) in [6.45, 7) is 4.28. The molecule has 1 aromatic carbocycles. The maximum atomic E-state index is 10.9. The summed E-state index contributed by atoms with van der Waals surface area (Å²) in [5, 5.41) is 0. The fourth-order valence-corrected chi connectivity index (χ4v) is 3.08. The van der Waals surface area contributed by atoms with Crippen LogP contribution in [-0.4, -0.2) is 56.9 Å². The molecule has 2 rings (SSSR count). The molecular weight excluding hydrogens is 264 g/mol. The minimum Gasteiger partial charge on any atom is -0.496 e. The molecule has 21 heavy (non-hydrogen) atoms. The van der Waals surface area contributed by atoms with Crippen molar-refractivity contribution in [2.45, 2.75) is 19.4 Å². The number of hydrogen-bond donors (Lipinski definition) is 0. The predicted molar refractivity (Wildman–Crippen MR) is 84.9 cm³/mol. The Labute approximate surface area is 127 Å². The molecule has 1 aliphatic rings. The summed E-state index contributed by atoms with van der Waals surface area (Å²) in [5.41, 5.74) is 1.82. The first-order chi connectivity index (χ1) is 10.1. The Morgan fingerprint density at radius 2 is 2.05 bits per heavy atom. The third-order valence-electron chi connectivity index (χ3n) is 4.16. The van der Waals surface area contributed by atoms with Crippen molar-refractivity contribution in [1.82, 2.24) is 9.80 Å². The van der Waals surface area contributed by atoms with Crippen molar-refractivity contribution in [2.24, 2.45) is 5.92 Å². The van der Waals surface area contributed by atoms with Crippen molar-refractivity contribution in [3.63, 3.8) is 0 Å². The van der Waals surface area contributed by atoms with E-state index in [2.05, 4.69) is 23.9 Å². The first-order valence-electron chi connectivity index (χ1n) is 7.61. The number of ether oxygens (including phenoxy) is 1. The van der Waals surface area contributed by atoms with Crippen molar-refractivity contribution in [3.05, 3.63) is 29.3 Å². The monoisotopic (exact) mass is 290 g/mol. The van der Waals surface area contributed by atoms with Gasteiger partial charge in [-0.25, -0.2) is 0 Å². The van der Waals surface area contributed by atoms with Crippen LogP contribution in [0.3, 0.4) is 0 Å². The molecule has 1 saturated heterocycles. The zero-order valence-corrected chi connectivity index (χ0v) is 13.3. The van der Waals surface area contributed by atoms with Crippen LogP contribution >= 0.6 is 0 Å². The molecule has 0 amide bonds. The number of likely N-dealkylation sites (tertiary alicyclic amines) is 1. The molecule has 0 spiro atoms. The zero-order valence-electron chi connectivity index (χ0n) is 13.3. The molecule has 1 aromatic rings. The minimum atomic E-state index is 0.716. The van der Waals surface area contributed by atoms with Crippen LogP contribution in [0, 0.1) is 5.92 Å². The van der Waals surface area contributed by atoms with E-state index < -0.39 is 0 Å². The lowest BCUT2D eigenvalue weighted by molar-refractivity contribution is 0.112. The Balaban J connectivity index is 1.95. The van der Waals surface area contributed by atoms with Gasteiger partial charge in [0.1, 0.15) is 12.0 Å². The highest BCUT2D eigenvalue weighted by Crippen LogP contribution is 2.24. The quantitative estimate of drug-likeness (QED) is 0.753. The maximum Gasteiger partial charge on any atom is 0.150 e. The maximum absolute atomic E-state index is 10.9. The molecule has 0 bridgehead atoms. The second kappa shape index (κ2) is 7.57. The van der Waals surface area contributed by atoms with E-state index in [4.69, 9.17) is 4.74 Å². The van der Waals surface area contributed by atoms with Crippen LogP contribution in [0.2, 0.25) is 0 Å². The zero-order chi connectivity index (χ0) is 15.2. The molecule has 4 heteroatoms. The van der Waals surface area contributed by atoms with Crippen molar-refractivity contribution >= 4 is 6.29 Å². The van der Waals surface area contributed by atoms with Gasteiger partial charge in [0.05, 0.1) is 7.11 Å². The summed E-state index contributed by atoms with van der Waals surface area (Å²) in [5.74, 6) is 1.68. The smallest absolute Gasteiger partial charge is 0.150 e. The van der Waals surface area contributed by atoms with Crippen LogP contribution in [-0.2, 0) is 6.54 Å². The molecule has 4 nitrogen and oxygen atoms in total. The summed E-state index contributed by atoms with van der Waals surface area (Å²) in [7, 11) is 5.97. The summed E-state index contributed by atoms with van der Waals surface area (Å²) >= 11 is 0. The van der Waals surface area contributed by atoms with Gasteiger partial charge in [-0.05, 0) is 64.1 Å². The second-order valence-electron chi connectivity index (χ2n) is 6.17. The van der Waals surface area contributed by atoms with Crippen molar-refractivity contribution < 1.29 is 9.53 Å². The molecule has 0 aliphatic carbocycles. The van der Waals surface area contributed by atoms with Crippen LogP contribution in [0.25, 0.3) is 0 Å². The standard InChI is InChI=1S/C17H26N2O2/c1-18(2)11-14-6-8-19(9-7-14)12-16-10-15(13-20)4-5-17(16)21-3/h4-5,10,13-14H,6-9,11-12H2,1-3H3. The SMILES string of the molecule is COc1ccc(C=O)cc1CN1CCC(CN(C)C)CC1. The van der Waals surface area contributed by atoms with Gasteiger partial charge in [-0.3, -0.25) is 9.69 Å². The van der Waals surface area contributed by atoms with Gasteiger partial charge in [-0.2, -0.15) is 0 Å². The number of piperidine rings is 1. The number of carbonyl (C=O) groups is 1. The lowest BCUT2D eigenvalue weighted by Crippen LogP contribution is -2.36. The van der Waals surface area contributed by atoms with E-state index in [1.54, 1.807) is 13.2 Å². The third kappa shape index (κ3) is 4.55. The molecule has 0 aromatic heterocycles. The molecule has 0 radical (unpaired) electrons. The number of aldehydes is 1. The van der Waals surface area contributed by atoms with Crippen LogP contribution in [0.5, 0.6) is 5.75 Å². The van der Waals surface area contributed by atoms with E-state index in [-0.39, 0.29) is 0 Å². The van der Waals surface area contributed by atoms with Gasteiger partial charge in [0, 0.05) is 24.2 Å². The fraction of sp³-hybridized carbons (Fsp3) is 0.588. The molecule has 0 atom stereocenters. The Morgan fingerprint density at radius 3 is 2.62 bits per heavy atom. The van der Waals surface area contributed by atoms with Gasteiger partial charge >= 0.3 is 0 Å². The third-order valence-corrected chi connectivity index (χ3v) is 4.16. The van der Waals surface area contributed by atoms with Gasteiger partial charge in [-0.15, -0.1) is 0 Å². The van der Waals surface area contributed by atoms with Crippen LogP contribution in [0.1, 0.15) is 28.8 Å². The van der Waals surface area contributed by atoms with E-state index in [9.17, 15) is 4.79 Å². The molecule has 1 aliphatic heterocycles. The van der Waals surface area contributed by atoms with E-state index in [0.717, 1.165) is 43.2 Å². The first-order valence-corrected chi connectivity index (χ1v) is 7.61. The highest BCUT2D eigenvalue weighted by molar-refractivity contribution is 5.75. The number of benzene rings is 1. The first kappa shape index (κ1) is 16.0. The molecule has 116 valence electrons. The molecule has 0 N–H and O–H groups in total. The normalized spacial score (nSPS) is 17.1. The van der Waals surface area contributed by atoms with Gasteiger partial charge < -0.3 is 9.64 Å². The summed E-state index contributed by atoms with van der Waals surface area (Å²) < 4.78 is 5.41. The fourth-order valence-electron chi connectivity index (χ4n) is 3.08. The lowest BCUT2D eigenvalue weighted by atomic mass is 9.96. The van der Waals surface area contributed by atoms with Crippen LogP contribution < -0.4 is 4.74 Å². The number of methoxy groups -OCH3 is 1. The van der Waals surface area contributed by atoms with Crippen molar-refractivity contribution in [3.8, 4) is 5.75 Å². The summed E-state index contributed by atoms with van der Waals surface area (Å²) in [6.07, 6.45) is 3.38. The average molecular weight is 290 g/mol.